The topological polar surface area (TPSA) is 74.8 Å². The van der Waals surface area contributed by atoms with Gasteiger partial charge in [-0.1, -0.05) is 0 Å². The average Bonchev–Trinajstić information content (AvgIpc) is 3.24. The van der Waals surface area contributed by atoms with E-state index in [4.69, 9.17) is 0 Å². The van der Waals surface area contributed by atoms with Crippen LogP contribution in [-0.2, 0) is 7.05 Å². The molecule has 0 amide bonds. The van der Waals surface area contributed by atoms with Gasteiger partial charge >= 0.3 is 6.36 Å². The molecule has 27 heavy (non-hydrogen) atoms. The Morgan fingerprint density at radius 3 is 2.41 bits per heavy atom. The van der Waals surface area contributed by atoms with Crippen molar-refractivity contribution in [3.05, 3.63) is 53.2 Å². The zero-order chi connectivity index (χ0) is 19.2. The highest BCUT2D eigenvalue weighted by atomic mass is 32.1. The molecule has 0 aliphatic carbocycles. The molecule has 0 atom stereocenters. The van der Waals surface area contributed by atoms with Crippen LogP contribution in [0.25, 0.3) is 27.8 Å². The summed E-state index contributed by atoms with van der Waals surface area (Å²) in [4.78, 5) is 12.7. The van der Waals surface area contributed by atoms with Crippen LogP contribution in [-0.4, -0.2) is 29.5 Å². The van der Waals surface area contributed by atoms with Crippen molar-refractivity contribution < 1.29 is 17.9 Å². The first kappa shape index (κ1) is 17.2. The Kier molecular flexibility index (Phi) is 3.95. The largest absolute Gasteiger partial charge is 0.573 e. The molecule has 0 unspecified atom stereocenters. The van der Waals surface area contributed by atoms with Crippen molar-refractivity contribution in [2.45, 2.75) is 6.36 Å². The number of hydrogen-bond acceptors (Lipinski definition) is 6. The average molecular weight is 393 g/mol. The number of ether oxygens (including phenoxy) is 1. The van der Waals surface area contributed by atoms with Crippen molar-refractivity contribution in [3.63, 3.8) is 0 Å². The molecule has 0 radical (unpaired) electrons. The normalized spacial score (nSPS) is 11.9. The number of hydrogen-bond donors (Lipinski definition) is 0. The van der Waals surface area contributed by atoms with Gasteiger partial charge < -0.3 is 4.74 Å². The number of fused-ring (bicyclic) bond motifs is 1. The number of aromatic nitrogens is 5. The van der Waals surface area contributed by atoms with Gasteiger partial charge in [0.2, 0.25) is 0 Å². The quantitative estimate of drug-likeness (QED) is 0.535. The third-order valence-electron chi connectivity index (χ3n) is 3.79. The number of aryl methyl sites for hydroxylation is 1. The van der Waals surface area contributed by atoms with Crippen LogP contribution in [0.1, 0.15) is 0 Å². The van der Waals surface area contributed by atoms with Gasteiger partial charge in [-0.2, -0.15) is 13.8 Å². The van der Waals surface area contributed by atoms with Gasteiger partial charge in [0.05, 0.1) is 17.9 Å². The lowest BCUT2D eigenvalue weighted by Crippen LogP contribution is -2.19. The lowest BCUT2D eigenvalue weighted by atomic mass is 10.1. The van der Waals surface area contributed by atoms with Crippen LogP contribution < -0.4 is 10.3 Å². The summed E-state index contributed by atoms with van der Waals surface area (Å²) in [5.74, 6) is -0.372. The fourth-order valence-electron chi connectivity index (χ4n) is 2.64. The van der Waals surface area contributed by atoms with E-state index in [0.717, 1.165) is 29.4 Å². The second-order valence-corrected chi connectivity index (χ2v) is 6.15. The molecule has 0 N–H and O–H groups in total. The van der Waals surface area contributed by atoms with Crippen LogP contribution in [0.2, 0.25) is 0 Å². The molecule has 4 rings (SSSR count). The Morgan fingerprint density at radius 2 is 1.78 bits per heavy atom. The summed E-state index contributed by atoms with van der Waals surface area (Å²) in [5.41, 5.74) is 1.96. The lowest BCUT2D eigenvalue weighted by Gasteiger charge is -2.11. The van der Waals surface area contributed by atoms with E-state index in [-0.39, 0.29) is 11.3 Å². The van der Waals surface area contributed by atoms with Gasteiger partial charge in [-0.25, -0.2) is 0 Å². The molecule has 1 aromatic carbocycles. The van der Waals surface area contributed by atoms with Gasteiger partial charge in [-0.3, -0.25) is 14.0 Å². The van der Waals surface area contributed by atoms with E-state index in [1.807, 2.05) is 0 Å². The number of nitrogens with zero attached hydrogens (tertiary/aromatic N) is 5. The van der Waals surface area contributed by atoms with Crippen molar-refractivity contribution in [2.24, 2.45) is 7.05 Å². The van der Waals surface area contributed by atoms with E-state index in [1.165, 1.54) is 16.7 Å². The molecule has 138 valence electrons. The van der Waals surface area contributed by atoms with Gasteiger partial charge in [-0.05, 0) is 24.3 Å². The van der Waals surface area contributed by atoms with E-state index in [1.54, 1.807) is 30.3 Å². The number of benzene rings is 1. The highest BCUT2D eigenvalue weighted by molar-refractivity contribution is 7.00. The van der Waals surface area contributed by atoms with E-state index in [0.29, 0.717) is 16.8 Å². The summed E-state index contributed by atoms with van der Waals surface area (Å²) in [6.45, 7) is 0. The Labute approximate surface area is 153 Å². The predicted molar refractivity (Wildman–Crippen MR) is 91.9 cm³/mol. The summed E-state index contributed by atoms with van der Waals surface area (Å²) in [7, 11) is 1.76. The zero-order valence-electron chi connectivity index (χ0n) is 13.6. The van der Waals surface area contributed by atoms with Crippen LogP contribution in [0.4, 0.5) is 13.2 Å². The van der Waals surface area contributed by atoms with Gasteiger partial charge in [0, 0.05) is 36.3 Å². The minimum atomic E-state index is -4.78. The van der Waals surface area contributed by atoms with Gasteiger partial charge in [0.1, 0.15) is 11.3 Å². The molecule has 0 aliphatic rings. The number of pyridine rings is 1. The first-order valence-electron chi connectivity index (χ1n) is 7.55. The third-order valence-corrected chi connectivity index (χ3v) is 4.32. The van der Waals surface area contributed by atoms with Gasteiger partial charge in [-0.15, -0.1) is 13.2 Å². The lowest BCUT2D eigenvalue weighted by molar-refractivity contribution is -0.274. The molecule has 0 saturated carbocycles. The Balaban J connectivity index is 1.85. The fraction of sp³-hybridized carbons (Fsp3) is 0.125. The minimum absolute atomic E-state index is 0.178. The molecule has 3 heterocycles. The minimum Gasteiger partial charge on any atom is -0.406 e. The van der Waals surface area contributed by atoms with Crippen LogP contribution >= 0.6 is 11.7 Å². The van der Waals surface area contributed by atoms with Crippen LogP contribution in [0.3, 0.4) is 0 Å². The Hall–Kier alpha value is -3.21. The molecule has 4 aromatic rings. The standard InChI is InChI=1S/C16H10F3N5O2S/c1-23-7-9(6-20-23)12-8-24(15(25)14-13(12)21-27-22-14)10-2-4-11(5-3-10)26-16(17,18)19/h2-8H,1H3. The van der Waals surface area contributed by atoms with E-state index < -0.39 is 11.9 Å². The molecule has 0 saturated heterocycles. The van der Waals surface area contributed by atoms with Crippen molar-refractivity contribution >= 4 is 22.8 Å². The molecule has 11 heteroatoms. The Bertz CT molecular complexity index is 1180. The van der Waals surface area contributed by atoms with Crippen molar-refractivity contribution in [2.75, 3.05) is 0 Å². The summed E-state index contributed by atoms with van der Waals surface area (Å²) in [6, 6.07) is 5.01. The molecule has 0 spiro atoms. The number of alkyl halides is 3. The van der Waals surface area contributed by atoms with Crippen LogP contribution in [0.15, 0.2) is 47.7 Å². The van der Waals surface area contributed by atoms with E-state index in [9.17, 15) is 18.0 Å². The van der Waals surface area contributed by atoms with Gasteiger partial charge in [0.25, 0.3) is 5.56 Å². The summed E-state index contributed by atoms with van der Waals surface area (Å²) in [6.07, 6.45) is 0.187. The maximum atomic E-state index is 12.7. The molecule has 0 fully saturated rings. The SMILES string of the molecule is Cn1cc(-c2cn(-c3ccc(OC(F)(F)F)cc3)c(=O)c3nsnc23)cn1. The van der Waals surface area contributed by atoms with Crippen molar-refractivity contribution in [1.82, 2.24) is 23.1 Å². The smallest absolute Gasteiger partial charge is 0.406 e. The number of rotatable bonds is 3. The fourth-order valence-corrected chi connectivity index (χ4v) is 3.19. The molecule has 0 bridgehead atoms. The Morgan fingerprint density at radius 1 is 1.07 bits per heavy atom. The first-order valence-corrected chi connectivity index (χ1v) is 8.28. The second kappa shape index (κ2) is 6.20. The molecule has 3 aromatic heterocycles. The predicted octanol–water partition coefficient (Wildman–Crippen LogP) is 3.14. The van der Waals surface area contributed by atoms with Crippen LogP contribution in [0.5, 0.6) is 5.75 Å². The second-order valence-electron chi connectivity index (χ2n) is 5.62. The maximum Gasteiger partial charge on any atom is 0.573 e. The summed E-state index contributed by atoms with van der Waals surface area (Å²) < 4.78 is 52.0. The van der Waals surface area contributed by atoms with Crippen molar-refractivity contribution in [3.8, 4) is 22.6 Å². The molecular weight excluding hydrogens is 383 g/mol. The third kappa shape index (κ3) is 3.28. The van der Waals surface area contributed by atoms with E-state index in [2.05, 4.69) is 18.6 Å². The molecule has 7 nitrogen and oxygen atoms in total. The molecule has 0 aliphatic heterocycles. The monoisotopic (exact) mass is 393 g/mol. The molecular formula is C16H10F3N5O2S. The maximum absolute atomic E-state index is 12.7. The summed E-state index contributed by atoms with van der Waals surface area (Å²) >= 11 is 0.910. The zero-order valence-corrected chi connectivity index (χ0v) is 14.5. The highest BCUT2D eigenvalue weighted by Crippen LogP contribution is 2.27. The first-order chi connectivity index (χ1) is 12.8. The van der Waals surface area contributed by atoms with E-state index >= 15 is 0 Å². The van der Waals surface area contributed by atoms with Crippen molar-refractivity contribution in [1.29, 1.82) is 0 Å². The summed E-state index contributed by atoms with van der Waals surface area (Å²) in [5, 5.41) is 4.12. The number of halogens is 3. The van der Waals surface area contributed by atoms with Crippen LogP contribution in [0, 0.1) is 0 Å². The van der Waals surface area contributed by atoms with Gasteiger partial charge in [0.15, 0.2) is 5.52 Å². The highest BCUT2D eigenvalue weighted by Gasteiger charge is 2.31.